The van der Waals surface area contributed by atoms with Crippen molar-refractivity contribution in [1.82, 2.24) is 9.97 Å². The highest BCUT2D eigenvalue weighted by atomic mass is 16.5. The zero-order chi connectivity index (χ0) is 11.4. The van der Waals surface area contributed by atoms with E-state index in [0.717, 1.165) is 18.2 Å². The maximum absolute atomic E-state index is 5.58. The van der Waals surface area contributed by atoms with Crippen LogP contribution in [0, 0.1) is 0 Å². The molecule has 88 valence electrons. The van der Waals surface area contributed by atoms with E-state index in [9.17, 15) is 0 Å². The molecule has 0 aliphatic heterocycles. The van der Waals surface area contributed by atoms with Crippen LogP contribution in [0.2, 0.25) is 0 Å². The molecule has 0 saturated heterocycles. The molecule has 1 heterocycles. The van der Waals surface area contributed by atoms with E-state index in [1.54, 1.807) is 13.3 Å². The van der Waals surface area contributed by atoms with Gasteiger partial charge in [0.25, 0.3) is 0 Å². The topological polar surface area (TPSA) is 64.3 Å². The fourth-order valence-corrected chi connectivity index (χ4v) is 1.66. The molecule has 1 aromatic rings. The Balaban J connectivity index is 2.10. The SMILES string of the molecule is COCCN(c1nccc(CN)n1)C1CC1. The van der Waals surface area contributed by atoms with Gasteiger partial charge >= 0.3 is 0 Å². The predicted molar refractivity (Wildman–Crippen MR) is 62.2 cm³/mol. The molecule has 5 nitrogen and oxygen atoms in total. The van der Waals surface area contributed by atoms with Gasteiger partial charge in [0.2, 0.25) is 5.95 Å². The standard InChI is InChI=1S/C11H18N4O/c1-16-7-6-15(10-2-3-10)11-13-5-4-9(8-12)14-11/h4-5,10H,2-3,6-8,12H2,1H3. The van der Waals surface area contributed by atoms with Gasteiger partial charge in [-0.3, -0.25) is 0 Å². The number of methoxy groups -OCH3 is 1. The van der Waals surface area contributed by atoms with Crippen LogP contribution >= 0.6 is 0 Å². The Hall–Kier alpha value is -1.20. The highest BCUT2D eigenvalue weighted by molar-refractivity contribution is 5.34. The van der Waals surface area contributed by atoms with Crippen LogP contribution in [-0.4, -0.2) is 36.3 Å². The van der Waals surface area contributed by atoms with Gasteiger partial charge < -0.3 is 15.4 Å². The molecular weight excluding hydrogens is 204 g/mol. The molecule has 0 unspecified atom stereocenters. The molecule has 0 radical (unpaired) electrons. The first-order valence-corrected chi connectivity index (χ1v) is 5.62. The number of nitrogens with zero attached hydrogens (tertiary/aromatic N) is 3. The molecule has 1 fully saturated rings. The van der Waals surface area contributed by atoms with Crippen molar-refractivity contribution < 1.29 is 4.74 Å². The van der Waals surface area contributed by atoms with Crippen molar-refractivity contribution in [1.29, 1.82) is 0 Å². The van der Waals surface area contributed by atoms with Crippen molar-refractivity contribution in [2.75, 3.05) is 25.2 Å². The Morgan fingerprint density at radius 2 is 2.38 bits per heavy atom. The van der Waals surface area contributed by atoms with Crippen LogP contribution < -0.4 is 10.6 Å². The normalized spacial score (nSPS) is 15.1. The first-order valence-electron chi connectivity index (χ1n) is 5.62. The zero-order valence-electron chi connectivity index (χ0n) is 9.59. The Bertz CT molecular complexity index is 341. The van der Waals surface area contributed by atoms with Crippen molar-refractivity contribution in [3.63, 3.8) is 0 Å². The van der Waals surface area contributed by atoms with Crippen molar-refractivity contribution in [3.8, 4) is 0 Å². The van der Waals surface area contributed by atoms with Gasteiger partial charge in [0.15, 0.2) is 0 Å². The summed E-state index contributed by atoms with van der Waals surface area (Å²) in [5, 5.41) is 0. The van der Waals surface area contributed by atoms with Crippen molar-refractivity contribution in [2.45, 2.75) is 25.4 Å². The second-order valence-electron chi connectivity index (χ2n) is 3.97. The van der Waals surface area contributed by atoms with E-state index in [1.807, 2.05) is 6.07 Å². The van der Waals surface area contributed by atoms with E-state index >= 15 is 0 Å². The van der Waals surface area contributed by atoms with Crippen LogP contribution in [0.3, 0.4) is 0 Å². The monoisotopic (exact) mass is 222 g/mol. The first-order chi connectivity index (χ1) is 7.85. The summed E-state index contributed by atoms with van der Waals surface area (Å²) in [6, 6.07) is 2.44. The number of ether oxygens (including phenoxy) is 1. The summed E-state index contributed by atoms with van der Waals surface area (Å²) in [6.07, 6.45) is 4.21. The lowest BCUT2D eigenvalue weighted by Gasteiger charge is -2.21. The number of aromatic nitrogens is 2. The van der Waals surface area contributed by atoms with Gasteiger partial charge in [0, 0.05) is 32.4 Å². The fourth-order valence-electron chi connectivity index (χ4n) is 1.66. The molecule has 0 spiro atoms. The Morgan fingerprint density at radius 3 is 3.00 bits per heavy atom. The third kappa shape index (κ3) is 2.68. The average molecular weight is 222 g/mol. The second-order valence-corrected chi connectivity index (χ2v) is 3.97. The number of nitrogens with two attached hydrogens (primary N) is 1. The molecule has 2 N–H and O–H groups in total. The lowest BCUT2D eigenvalue weighted by Crippen LogP contribution is -2.31. The molecule has 5 heteroatoms. The molecule has 16 heavy (non-hydrogen) atoms. The quantitative estimate of drug-likeness (QED) is 0.761. The maximum Gasteiger partial charge on any atom is 0.225 e. The maximum atomic E-state index is 5.58. The van der Waals surface area contributed by atoms with Crippen molar-refractivity contribution in [2.24, 2.45) is 5.73 Å². The smallest absolute Gasteiger partial charge is 0.225 e. The summed E-state index contributed by atoms with van der Waals surface area (Å²) in [5.74, 6) is 0.780. The van der Waals surface area contributed by atoms with Crippen LogP contribution in [-0.2, 0) is 11.3 Å². The first kappa shape index (κ1) is 11.3. The minimum Gasteiger partial charge on any atom is -0.383 e. The second kappa shape index (κ2) is 5.23. The number of anilines is 1. The zero-order valence-corrected chi connectivity index (χ0v) is 9.59. The van der Waals surface area contributed by atoms with Crippen molar-refractivity contribution in [3.05, 3.63) is 18.0 Å². The lowest BCUT2D eigenvalue weighted by molar-refractivity contribution is 0.204. The van der Waals surface area contributed by atoms with Crippen LogP contribution in [0.1, 0.15) is 18.5 Å². The highest BCUT2D eigenvalue weighted by Gasteiger charge is 2.30. The number of hydrogen-bond donors (Lipinski definition) is 1. The predicted octanol–water partition coefficient (Wildman–Crippen LogP) is 0.551. The van der Waals surface area contributed by atoms with Crippen molar-refractivity contribution >= 4 is 5.95 Å². The molecule has 1 aliphatic carbocycles. The van der Waals surface area contributed by atoms with Crippen LogP contribution in [0.4, 0.5) is 5.95 Å². The van der Waals surface area contributed by atoms with Gasteiger partial charge in [0.05, 0.1) is 12.3 Å². The van der Waals surface area contributed by atoms with E-state index in [2.05, 4.69) is 14.9 Å². The molecule has 1 aliphatic rings. The van der Waals surface area contributed by atoms with E-state index in [-0.39, 0.29) is 0 Å². The number of hydrogen-bond acceptors (Lipinski definition) is 5. The molecule has 0 bridgehead atoms. The molecule has 0 amide bonds. The lowest BCUT2D eigenvalue weighted by atomic mass is 10.4. The van der Waals surface area contributed by atoms with E-state index in [4.69, 9.17) is 10.5 Å². The molecule has 0 atom stereocenters. The van der Waals surface area contributed by atoms with Crippen LogP contribution in [0.25, 0.3) is 0 Å². The minimum atomic E-state index is 0.457. The highest BCUT2D eigenvalue weighted by Crippen LogP contribution is 2.29. The molecule has 0 aromatic carbocycles. The van der Waals surface area contributed by atoms with Gasteiger partial charge in [0.1, 0.15) is 0 Å². The molecule has 1 aromatic heterocycles. The van der Waals surface area contributed by atoms with Crippen LogP contribution in [0.5, 0.6) is 0 Å². The van der Waals surface area contributed by atoms with Gasteiger partial charge in [-0.25, -0.2) is 9.97 Å². The summed E-state index contributed by atoms with van der Waals surface area (Å²) < 4.78 is 5.11. The summed E-state index contributed by atoms with van der Waals surface area (Å²) in [4.78, 5) is 11.0. The molecule has 1 saturated carbocycles. The third-order valence-corrected chi connectivity index (χ3v) is 2.69. The number of rotatable bonds is 6. The minimum absolute atomic E-state index is 0.457. The summed E-state index contributed by atoms with van der Waals surface area (Å²) in [6.45, 7) is 2.00. The Kier molecular flexibility index (Phi) is 3.69. The summed E-state index contributed by atoms with van der Waals surface area (Å²) >= 11 is 0. The molecule has 2 rings (SSSR count). The van der Waals surface area contributed by atoms with Gasteiger partial charge in [-0.15, -0.1) is 0 Å². The fraction of sp³-hybridized carbons (Fsp3) is 0.636. The summed E-state index contributed by atoms with van der Waals surface area (Å²) in [5.41, 5.74) is 6.46. The summed E-state index contributed by atoms with van der Waals surface area (Å²) in [7, 11) is 1.71. The van der Waals surface area contributed by atoms with E-state index in [1.165, 1.54) is 12.8 Å². The van der Waals surface area contributed by atoms with Gasteiger partial charge in [-0.2, -0.15) is 0 Å². The van der Waals surface area contributed by atoms with Gasteiger partial charge in [-0.05, 0) is 18.9 Å². The van der Waals surface area contributed by atoms with E-state index in [0.29, 0.717) is 19.2 Å². The largest absolute Gasteiger partial charge is 0.383 e. The average Bonchev–Trinajstić information content (AvgIpc) is 3.14. The van der Waals surface area contributed by atoms with E-state index < -0.39 is 0 Å². The third-order valence-electron chi connectivity index (χ3n) is 2.69. The van der Waals surface area contributed by atoms with Gasteiger partial charge in [-0.1, -0.05) is 0 Å². The Morgan fingerprint density at radius 1 is 1.56 bits per heavy atom. The van der Waals surface area contributed by atoms with Crippen LogP contribution in [0.15, 0.2) is 12.3 Å². The molecular formula is C11H18N4O. The Labute approximate surface area is 95.6 Å².